The lowest BCUT2D eigenvalue weighted by Crippen LogP contribution is -2.35. The van der Waals surface area contributed by atoms with E-state index in [1.807, 2.05) is 17.0 Å². The molecular formula is C19H20ClN5O3. The maximum absolute atomic E-state index is 12.9. The number of benzene rings is 1. The number of carbonyl (C=O) groups excluding carboxylic acids is 1. The number of likely N-dealkylation sites (tertiary alicyclic amines) is 1. The number of nitrogens with one attached hydrogen (secondary N) is 1. The Morgan fingerprint density at radius 3 is 2.68 bits per heavy atom. The van der Waals surface area contributed by atoms with Gasteiger partial charge < -0.3 is 20.2 Å². The zero-order chi connectivity index (χ0) is 19.7. The summed E-state index contributed by atoms with van der Waals surface area (Å²) in [5.74, 6) is 0.491. The lowest BCUT2D eigenvalue weighted by atomic mass is 9.97. The van der Waals surface area contributed by atoms with Crippen molar-refractivity contribution in [3.63, 3.8) is 0 Å². The molecule has 1 fully saturated rings. The maximum atomic E-state index is 12.9. The van der Waals surface area contributed by atoms with Crippen LogP contribution in [0.25, 0.3) is 0 Å². The monoisotopic (exact) mass is 401 g/mol. The van der Waals surface area contributed by atoms with Crippen LogP contribution in [-0.2, 0) is 13.0 Å². The highest BCUT2D eigenvalue weighted by Gasteiger charge is 2.28. The third-order valence-electron chi connectivity index (χ3n) is 5.17. The fraction of sp³-hybridized carbons (Fsp3) is 0.368. The SMILES string of the molecule is O=C(O)N1CCc2cc(C(=O)N3CC[C@@H](Nc4ncc(Cl)cn4)C3)ccc2C1. The van der Waals surface area contributed by atoms with Crippen molar-refractivity contribution in [2.75, 3.05) is 25.0 Å². The summed E-state index contributed by atoms with van der Waals surface area (Å²) in [5.41, 5.74) is 2.66. The number of aromatic nitrogens is 2. The Labute approximate surface area is 167 Å². The third kappa shape index (κ3) is 3.87. The largest absolute Gasteiger partial charge is 0.465 e. The van der Waals surface area contributed by atoms with E-state index >= 15 is 0 Å². The van der Waals surface area contributed by atoms with Gasteiger partial charge in [0.2, 0.25) is 5.95 Å². The van der Waals surface area contributed by atoms with E-state index in [1.165, 1.54) is 17.3 Å². The topological polar surface area (TPSA) is 98.7 Å². The van der Waals surface area contributed by atoms with Gasteiger partial charge in [0.1, 0.15) is 0 Å². The summed E-state index contributed by atoms with van der Waals surface area (Å²) < 4.78 is 0. The minimum absolute atomic E-state index is 0.00945. The number of halogens is 1. The van der Waals surface area contributed by atoms with E-state index in [2.05, 4.69) is 15.3 Å². The number of carboxylic acid groups (broad SMARTS) is 1. The van der Waals surface area contributed by atoms with Gasteiger partial charge in [-0.15, -0.1) is 0 Å². The first-order valence-corrected chi connectivity index (χ1v) is 9.50. The van der Waals surface area contributed by atoms with Crippen LogP contribution in [0, 0.1) is 0 Å². The Bertz CT molecular complexity index is 905. The molecule has 8 nitrogen and oxygen atoms in total. The van der Waals surface area contributed by atoms with Gasteiger partial charge in [-0.3, -0.25) is 4.79 Å². The van der Waals surface area contributed by atoms with E-state index in [0.717, 1.165) is 17.5 Å². The molecule has 4 rings (SSSR count). The van der Waals surface area contributed by atoms with Crippen molar-refractivity contribution in [1.29, 1.82) is 0 Å². The first kappa shape index (κ1) is 18.5. The predicted molar refractivity (Wildman–Crippen MR) is 104 cm³/mol. The molecule has 2 aromatic rings. The van der Waals surface area contributed by atoms with Crippen LogP contribution < -0.4 is 5.32 Å². The van der Waals surface area contributed by atoms with E-state index in [4.69, 9.17) is 16.7 Å². The van der Waals surface area contributed by atoms with Crippen LogP contribution in [0.5, 0.6) is 0 Å². The average Bonchev–Trinajstić information content (AvgIpc) is 3.16. The van der Waals surface area contributed by atoms with E-state index in [1.54, 1.807) is 6.07 Å². The molecule has 0 bridgehead atoms. The summed E-state index contributed by atoms with van der Waals surface area (Å²) in [5, 5.41) is 12.9. The maximum Gasteiger partial charge on any atom is 0.407 e. The Kier molecular flexibility index (Phi) is 5.04. The van der Waals surface area contributed by atoms with Gasteiger partial charge in [-0.1, -0.05) is 17.7 Å². The molecule has 1 aromatic carbocycles. The molecule has 28 heavy (non-hydrogen) atoms. The summed E-state index contributed by atoms with van der Waals surface area (Å²) in [6.45, 7) is 2.06. The zero-order valence-corrected chi connectivity index (χ0v) is 15.9. The number of anilines is 1. The van der Waals surface area contributed by atoms with Gasteiger partial charge in [0.25, 0.3) is 5.91 Å². The summed E-state index contributed by atoms with van der Waals surface area (Å²) >= 11 is 5.80. The minimum atomic E-state index is -0.911. The molecule has 2 aliphatic heterocycles. The fourth-order valence-corrected chi connectivity index (χ4v) is 3.76. The molecule has 2 N–H and O–H groups in total. The molecule has 1 atom stereocenters. The Balaban J connectivity index is 1.40. The molecule has 1 aromatic heterocycles. The highest BCUT2D eigenvalue weighted by molar-refractivity contribution is 6.30. The zero-order valence-electron chi connectivity index (χ0n) is 15.1. The first-order valence-electron chi connectivity index (χ1n) is 9.12. The van der Waals surface area contributed by atoms with Crippen LogP contribution >= 0.6 is 11.6 Å². The van der Waals surface area contributed by atoms with Crippen LogP contribution in [0.15, 0.2) is 30.6 Å². The molecule has 2 aliphatic rings. The molecule has 146 valence electrons. The van der Waals surface area contributed by atoms with Gasteiger partial charge in [-0.05, 0) is 36.1 Å². The predicted octanol–water partition coefficient (Wildman–Crippen LogP) is 2.49. The van der Waals surface area contributed by atoms with Gasteiger partial charge >= 0.3 is 6.09 Å². The summed E-state index contributed by atoms with van der Waals surface area (Å²) in [6, 6.07) is 5.65. The first-order chi connectivity index (χ1) is 13.5. The van der Waals surface area contributed by atoms with E-state index in [-0.39, 0.29) is 11.9 Å². The molecule has 0 radical (unpaired) electrons. The van der Waals surface area contributed by atoms with E-state index < -0.39 is 6.09 Å². The quantitative estimate of drug-likeness (QED) is 0.819. The van der Waals surface area contributed by atoms with Crippen molar-refractivity contribution >= 4 is 29.5 Å². The van der Waals surface area contributed by atoms with Crippen molar-refractivity contribution in [2.45, 2.75) is 25.4 Å². The Morgan fingerprint density at radius 1 is 1.14 bits per heavy atom. The Morgan fingerprint density at radius 2 is 1.93 bits per heavy atom. The van der Waals surface area contributed by atoms with Crippen LogP contribution in [-0.4, -0.2) is 62.6 Å². The summed E-state index contributed by atoms with van der Waals surface area (Å²) in [4.78, 5) is 35.5. The van der Waals surface area contributed by atoms with E-state index in [9.17, 15) is 9.59 Å². The number of nitrogens with zero attached hydrogens (tertiary/aromatic N) is 4. The lowest BCUT2D eigenvalue weighted by molar-refractivity contribution is 0.0791. The van der Waals surface area contributed by atoms with Gasteiger partial charge in [-0.25, -0.2) is 14.8 Å². The van der Waals surface area contributed by atoms with Crippen LogP contribution in [0.4, 0.5) is 10.7 Å². The lowest BCUT2D eigenvalue weighted by Gasteiger charge is -2.27. The molecular weight excluding hydrogens is 382 g/mol. The average molecular weight is 402 g/mol. The number of hydrogen-bond donors (Lipinski definition) is 2. The summed E-state index contributed by atoms with van der Waals surface area (Å²) in [7, 11) is 0. The van der Waals surface area contributed by atoms with Gasteiger partial charge in [0, 0.05) is 37.8 Å². The second-order valence-corrected chi connectivity index (χ2v) is 7.48. The van der Waals surface area contributed by atoms with Crippen molar-refractivity contribution in [1.82, 2.24) is 19.8 Å². The Hall–Kier alpha value is -2.87. The van der Waals surface area contributed by atoms with E-state index in [0.29, 0.717) is 49.1 Å². The third-order valence-corrected chi connectivity index (χ3v) is 5.36. The molecule has 0 aliphatic carbocycles. The number of carbonyl (C=O) groups is 2. The van der Waals surface area contributed by atoms with Crippen molar-refractivity contribution in [3.8, 4) is 0 Å². The van der Waals surface area contributed by atoms with Crippen LogP contribution in [0.3, 0.4) is 0 Å². The summed E-state index contributed by atoms with van der Waals surface area (Å²) in [6.07, 6.45) is 3.60. The van der Waals surface area contributed by atoms with Crippen molar-refractivity contribution in [3.05, 3.63) is 52.3 Å². The van der Waals surface area contributed by atoms with Crippen LogP contribution in [0.1, 0.15) is 27.9 Å². The molecule has 9 heteroatoms. The molecule has 0 unspecified atom stereocenters. The molecule has 2 amide bonds. The standard InChI is InChI=1S/C19H20ClN5O3/c20-15-8-21-18(22-9-15)23-16-4-6-24(11-16)17(26)13-1-2-14-10-25(19(27)28)5-3-12(14)7-13/h1-2,7-9,16H,3-6,10-11H2,(H,27,28)(H,21,22,23)/t16-/m1/s1. The highest BCUT2D eigenvalue weighted by atomic mass is 35.5. The number of amides is 2. The second kappa shape index (κ2) is 7.63. The van der Waals surface area contributed by atoms with Crippen LogP contribution in [0.2, 0.25) is 5.02 Å². The van der Waals surface area contributed by atoms with Gasteiger partial charge in [0.15, 0.2) is 0 Å². The molecule has 3 heterocycles. The van der Waals surface area contributed by atoms with Crippen molar-refractivity contribution < 1.29 is 14.7 Å². The highest BCUT2D eigenvalue weighted by Crippen LogP contribution is 2.23. The number of fused-ring (bicyclic) bond motifs is 1. The molecule has 0 saturated carbocycles. The number of rotatable bonds is 3. The minimum Gasteiger partial charge on any atom is -0.465 e. The fourth-order valence-electron chi connectivity index (χ4n) is 3.66. The van der Waals surface area contributed by atoms with Gasteiger partial charge in [0.05, 0.1) is 17.4 Å². The smallest absolute Gasteiger partial charge is 0.407 e. The normalized spacial score (nSPS) is 18.7. The molecule has 0 spiro atoms. The molecule has 1 saturated heterocycles. The van der Waals surface area contributed by atoms with Crippen molar-refractivity contribution in [2.24, 2.45) is 0 Å². The second-order valence-electron chi connectivity index (χ2n) is 7.04. The number of hydrogen-bond acceptors (Lipinski definition) is 5. The van der Waals surface area contributed by atoms with Gasteiger partial charge in [-0.2, -0.15) is 0 Å².